The first-order chi connectivity index (χ1) is 15.5. The lowest BCUT2D eigenvalue weighted by Crippen LogP contribution is -2.44. The molecule has 1 amide bonds. The van der Waals surface area contributed by atoms with Crippen LogP contribution in [0.4, 0.5) is 5.95 Å². The highest BCUT2D eigenvalue weighted by molar-refractivity contribution is 5.83. The standard InChI is InChI=1S/C25H30N4O3/c1-16(18-7-9-20(31-3)10-8-18)26-24(30)19-6-5-13-29(15-19)25-27-17(2)22-12-11-21(32-4)14-23(22)28-25/h7-12,14,16,19H,5-6,13,15H2,1-4H3,(H,26,30)/t16-,19+/m1/s1. The van der Waals surface area contributed by atoms with E-state index in [1.165, 1.54) is 0 Å². The van der Waals surface area contributed by atoms with Crippen LogP contribution in [-0.2, 0) is 4.79 Å². The number of nitrogens with zero attached hydrogens (tertiary/aromatic N) is 3. The van der Waals surface area contributed by atoms with Gasteiger partial charge in [-0.2, -0.15) is 0 Å². The maximum atomic E-state index is 13.0. The minimum atomic E-state index is -0.102. The molecule has 0 aliphatic carbocycles. The molecule has 1 N–H and O–H groups in total. The first kappa shape index (κ1) is 21.9. The monoisotopic (exact) mass is 434 g/mol. The van der Waals surface area contributed by atoms with Crippen LogP contribution in [0.1, 0.15) is 37.1 Å². The zero-order valence-electron chi connectivity index (χ0n) is 19.1. The summed E-state index contributed by atoms with van der Waals surface area (Å²) in [5.41, 5.74) is 2.83. The molecule has 32 heavy (non-hydrogen) atoms. The first-order valence-electron chi connectivity index (χ1n) is 11.0. The van der Waals surface area contributed by atoms with Crippen molar-refractivity contribution in [1.29, 1.82) is 0 Å². The summed E-state index contributed by atoms with van der Waals surface area (Å²) in [7, 11) is 3.29. The van der Waals surface area contributed by atoms with E-state index in [0.29, 0.717) is 12.5 Å². The molecule has 0 unspecified atom stereocenters. The van der Waals surface area contributed by atoms with Gasteiger partial charge in [0.25, 0.3) is 0 Å². The molecule has 0 radical (unpaired) electrons. The molecule has 1 aliphatic rings. The maximum absolute atomic E-state index is 13.0. The average molecular weight is 435 g/mol. The van der Waals surface area contributed by atoms with Crippen molar-refractivity contribution in [3.05, 3.63) is 53.7 Å². The Labute approximate surface area is 188 Å². The zero-order valence-corrected chi connectivity index (χ0v) is 19.1. The van der Waals surface area contributed by atoms with Crippen LogP contribution in [0.3, 0.4) is 0 Å². The fourth-order valence-corrected chi connectivity index (χ4v) is 4.20. The Hall–Kier alpha value is -3.35. The van der Waals surface area contributed by atoms with E-state index >= 15 is 0 Å². The van der Waals surface area contributed by atoms with Gasteiger partial charge in [0.05, 0.1) is 37.4 Å². The van der Waals surface area contributed by atoms with E-state index in [2.05, 4.69) is 10.2 Å². The van der Waals surface area contributed by atoms with Gasteiger partial charge in [0.1, 0.15) is 11.5 Å². The number of fused-ring (bicyclic) bond motifs is 1. The number of anilines is 1. The molecule has 7 heteroatoms. The van der Waals surface area contributed by atoms with Crippen molar-refractivity contribution >= 4 is 22.8 Å². The van der Waals surface area contributed by atoms with Crippen LogP contribution in [0.5, 0.6) is 11.5 Å². The molecule has 1 aromatic heterocycles. The van der Waals surface area contributed by atoms with E-state index in [9.17, 15) is 4.79 Å². The van der Waals surface area contributed by atoms with Gasteiger partial charge in [-0.05, 0) is 56.5 Å². The molecular formula is C25H30N4O3. The number of aryl methyl sites for hydroxylation is 1. The van der Waals surface area contributed by atoms with Gasteiger partial charge in [-0.1, -0.05) is 12.1 Å². The van der Waals surface area contributed by atoms with E-state index in [4.69, 9.17) is 19.4 Å². The fourth-order valence-electron chi connectivity index (χ4n) is 4.20. The predicted molar refractivity (Wildman–Crippen MR) is 125 cm³/mol. The number of amides is 1. The molecule has 3 aromatic rings. The maximum Gasteiger partial charge on any atom is 0.226 e. The molecule has 0 spiro atoms. The summed E-state index contributed by atoms with van der Waals surface area (Å²) in [6, 6.07) is 13.6. The van der Waals surface area contributed by atoms with Crippen molar-refractivity contribution in [2.24, 2.45) is 5.92 Å². The Kier molecular flexibility index (Phi) is 6.44. The summed E-state index contributed by atoms with van der Waals surface area (Å²) in [5, 5.41) is 4.18. The summed E-state index contributed by atoms with van der Waals surface area (Å²) >= 11 is 0. The Bertz CT molecular complexity index is 1100. The van der Waals surface area contributed by atoms with Crippen molar-refractivity contribution in [2.45, 2.75) is 32.7 Å². The Balaban J connectivity index is 1.47. The van der Waals surface area contributed by atoms with E-state index in [0.717, 1.165) is 53.0 Å². The highest BCUT2D eigenvalue weighted by Gasteiger charge is 2.28. The quantitative estimate of drug-likeness (QED) is 0.631. The molecule has 2 heterocycles. The van der Waals surface area contributed by atoms with Crippen molar-refractivity contribution in [2.75, 3.05) is 32.2 Å². The van der Waals surface area contributed by atoms with Gasteiger partial charge in [-0.15, -0.1) is 0 Å². The lowest BCUT2D eigenvalue weighted by atomic mass is 9.96. The molecule has 168 valence electrons. The zero-order chi connectivity index (χ0) is 22.7. The van der Waals surface area contributed by atoms with Gasteiger partial charge in [0.2, 0.25) is 11.9 Å². The number of piperidine rings is 1. The molecule has 4 rings (SSSR count). The van der Waals surface area contributed by atoms with Gasteiger partial charge < -0.3 is 19.7 Å². The number of carbonyl (C=O) groups excluding carboxylic acids is 1. The molecule has 2 atom stereocenters. The van der Waals surface area contributed by atoms with Crippen LogP contribution in [-0.4, -0.2) is 43.2 Å². The largest absolute Gasteiger partial charge is 0.497 e. The minimum Gasteiger partial charge on any atom is -0.497 e. The summed E-state index contributed by atoms with van der Waals surface area (Å²) < 4.78 is 10.6. The second-order valence-corrected chi connectivity index (χ2v) is 8.28. The number of hydrogen-bond donors (Lipinski definition) is 1. The third-order valence-electron chi connectivity index (χ3n) is 6.13. The Morgan fingerprint density at radius 3 is 2.53 bits per heavy atom. The van der Waals surface area contributed by atoms with Crippen molar-refractivity contribution in [1.82, 2.24) is 15.3 Å². The number of rotatable bonds is 6. The van der Waals surface area contributed by atoms with Crippen LogP contribution < -0.4 is 19.7 Å². The smallest absolute Gasteiger partial charge is 0.226 e. The number of hydrogen-bond acceptors (Lipinski definition) is 6. The summed E-state index contributed by atoms with van der Waals surface area (Å²) in [5.74, 6) is 2.21. The van der Waals surface area contributed by atoms with Gasteiger partial charge in [-0.25, -0.2) is 9.97 Å². The molecule has 7 nitrogen and oxygen atoms in total. The first-order valence-corrected chi connectivity index (χ1v) is 11.0. The number of carbonyl (C=O) groups is 1. The summed E-state index contributed by atoms with van der Waals surface area (Å²) in [4.78, 5) is 24.7. The van der Waals surface area contributed by atoms with Gasteiger partial charge in [0.15, 0.2) is 0 Å². The van der Waals surface area contributed by atoms with Gasteiger partial charge >= 0.3 is 0 Å². The number of nitrogens with one attached hydrogen (secondary N) is 1. The highest BCUT2D eigenvalue weighted by atomic mass is 16.5. The number of aromatic nitrogens is 2. The van der Waals surface area contributed by atoms with E-state index < -0.39 is 0 Å². The molecule has 1 saturated heterocycles. The summed E-state index contributed by atoms with van der Waals surface area (Å²) in [6.45, 7) is 5.44. The van der Waals surface area contributed by atoms with Gasteiger partial charge in [-0.3, -0.25) is 4.79 Å². The van der Waals surface area contributed by atoms with Crippen molar-refractivity contribution in [3.8, 4) is 11.5 Å². The fraction of sp³-hybridized carbons (Fsp3) is 0.400. The Morgan fingerprint density at radius 2 is 1.81 bits per heavy atom. The lowest BCUT2D eigenvalue weighted by Gasteiger charge is -2.33. The predicted octanol–water partition coefficient (Wildman–Crippen LogP) is 4.05. The number of benzene rings is 2. The third kappa shape index (κ3) is 4.61. The Morgan fingerprint density at radius 1 is 1.09 bits per heavy atom. The van der Waals surface area contributed by atoms with Crippen LogP contribution >= 0.6 is 0 Å². The van der Waals surface area contributed by atoms with Crippen molar-refractivity contribution < 1.29 is 14.3 Å². The van der Waals surface area contributed by atoms with Crippen LogP contribution in [0.15, 0.2) is 42.5 Å². The van der Waals surface area contributed by atoms with Crippen LogP contribution in [0.2, 0.25) is 0 Å². The second-order valence-electron chi connectivity index (χ2n) is 8.28. The molecule has 0 saturated carbocycles. The third-order valence-corrected chi connectivity index (χ3v) is 6.13. The molecular weight excluding hydrogens is 404 g/mol. The van der Waals surface area contributed by atoms with Gasteiger partial charge in [0, 0.05) is 24.5 Å². The number of ether oxygens (including phenoxy) is 2. The SMILES string of the molecule is COc1ccc([C@@H](C)NC(=O)[C@H]2CCCN(c3nc(C)c4ccc(OC)cc4n3)C2)cc1. The average Bonchev–Trinajstić information content (AvgIpc) is 2.83. The van der Waals surface area contributed by atoms with E-state index in [-0.39, 0.29) is 17.9 Å². The minimum absolute atomic E-state index is 0.0669. The highest BCUT2D eigenvalue weighted by Crippen LogP contribution is 2.27. The topological polar surface area (TPSA) is 76.6 Å². The molecule has 2 aromatic carbocycles. The normalized spacial score (nSPS) is 17.1. The number of methoxy groups -OCH3 is 2. The molecule has 1 fully saturated rings. The van der Waals surface area contributed by atoms with Crippen LogP contribution in [0, 0.1) is 12.8 Å². The summed E-state index contributed by atoms with van der Waals surface area (Å²) in [6.07, 6.45) is 1.78. The molecule has 1 aliphatic heterocycles. The van der Waals surface area contributed by atoms with Crippen molar-refractivity contribution in [3.63, 3.8) is 0 Å². The van der Waals surface area contributed by atoms with Crippen LogP contribution in [0.25, 0.3) is 10.9 Å². The lowest BCUT2D eigenvalue weighted by molar-refractivity contribution is -0.125. The molecule has 0 bridgehead atoms. The van der Waals surface area contributed by atoms with E-state index in [1.54, 1.807) is 14.2 Å². The second kappa shape index (κ2) is 9.42. The van der Waals surface area contributed by atoms with E-state index in [1.807, 2.05) is 56.3 Å².